The molecule has 0 unspecified atom stereocenters. The van der Waals surface area contributed by atoms with E-state index in [4.69, 9.17) is 0 Å². The summed E-state index contributed by atoms with van der Waals surface area (Å²) in [6, 6.07) is 10.4. The SMILES string of the molecule is CNS(=O)(=O)c1cc(NC(=O)CSc2nnnn2-c2cccc(F)c2)ccc1C. The van der Waals surface area contributed by atoms with E-state index in [2.05, 4.69) is 25.6 Å². The molecule has 12 heteroatoms. The van der Waals surface area contributed by atoms with E-state index in [1.165, 1.54) is 36.0 Å². The summed E-state index contributed by atoms with van der Waals surface area (Å²) in [6.07, 6.45) is 0. The fourth-order valence-electron chi connectivity index (χ4n) is 2.44. The first-order valence-electron chi connectivity index (χ1n) is 8.31. The average molecular weight is 436 g/mol. The number of benzene rings is 2. The maximum Gasteiger partial charge on any atom is 0.240 e. The molecule has 2 aromatic carbocycles. The monoisotopic (exact) mass is 436 g/mol. The number of tetrazole rings is 1. The van der Waals surface area contributed by atoms with E-state index in [0.717, 1.165) is 11.8 Å². The third kappa shape index (κ3) is 4.96. The van der Waals surface area contributed by atoms with Crippen LogP contribution in [0.1, 0.15) is 5.56 Å². The van der Waals surface area contributed by atoms with Crippen LogP contribution in [0.25, 0.3) is 5.69 Å². The molecule has 0 saturated heterocycles. The van der Waals surface area contributed by atoms with E-state index in [9.17, 15) is 17.6 Å². The summed E-state index contributed by atoms with van der Waals surface area (Å²) in [5, 5.41) is 14.2. The fraction of sp³-hybridized carbons (Fsp3) is 0.176. The Morgan fingerprint density at radius 3 is 2.76 bits per heavy atom. The number of hydrogen-bond donors (Lipinski definition) is 2. The molecule has 0 aliphatic heterocycles. The van der Waals surface area contributed by atoms with E-state index in [1.54, 1.807) is 25.1 Å². The molecule has 9 nitrogen and oxygen atoms in total. The Morgan fingerprint density at radius 2 is 2.03 bits per heavy atom. The lowest BCUT2D eigenvalue weighted by Crippen LogP contribution is -2.20. The molecule has 152 valence electrons. The highest BCUT2D eigenvalue weighted by Gasteiger charge is 2.16. The fourth-order valence-corrected chi connectivity index (χ4v) is 4.13. The van der Waals surface area contributed by atoms with Gasteiger partial charge in [-0.25, -0.2) is 17.5 Å². The molecular formula is C17H17FN6O3S2. The average Bonchev–Trinajstić information content (AvgIpc) is 3.16. The molecule has 0 radical (unpaired) electrons. The van der Waals surface area contributed by atoms with Gasteiger partial charge in [0, 0.05) is 5.69 Å². The topological polar surface area (TPSA) is 119 Å². The molecule has 0 atom stereocenters. The second-order valence-electron chi connectivity index (χ2n) is 5.88. The molecule has 0 aliphatic rings. The van der Waals surface area contributed by atoms with Crippen LogP contribution in [0.2, 0.25) is 0 Å². The van der Waals surface area contributed by atoms with E-state index in [0.29, 0.717) is 22.1 Å². The first-order valence-corrected chi connectivity index (χ1v) is 10.8. The summed E-state index contributed by atoms with van der Waals surface area (Å²) in [7, 11) is -2.32. The number of nitrogens with one attached hydrogen (secondary N) is 2. The third-order valence-electron chi connectivity index (χ3n) is 3.86. The van der Waals surface area contributed by atoms with Crippen molar-refractivity contribution in [1.82, 2.24) is 24.9 Å². The zero-order valence-corrected chi connectivity index (χ0v) is 17.1. The van der Waals surface area contributed by atoms with Gasteiger partial charge in [0.05, 0.1) is 16.3 Å². The number of sulfonamides is 1. The number of carbonyl (C=O) groups is 1. The molecule has 3 aromatic rings. The summed E-state index contributed by atoms with van der Waals surface area (Å²) in [4.78, 5) is 12.4. The Labute approximate surface area is 170 Å². The molecule has 0 spiro atoms. The highest BCUT2D eigenvalue weighted by molar-refractivity contribution is 7.99. The molecular weight excluding hydrogens is 419 g/mol. The second kappa shape index (κ2) is 8.68. The third-order valence-corrected chi connectivity index (χ3v) is 6.33. The number of halogens is 1. The number of hydrogen-bond acceptors (Lipinski definition) is 7. The van der Waals surface area contributed by atoms with Crippen LogP contribution in [0.3, 0.4) is 0 Å². The zero-order valence-electron chi connectivity index (χ0n) is 15.5. The standard InChI is InChI=1S/C17H17FN6O3S2/c1-11-6-7-13(9-15(11)29(26,27)19-2)20-16(25)10-28-17-21-22-23-24(17)14-5-3-4-12(18)8-14/h3-9,19H,10H2,1-2H3,(H,20,25). The smallest absolute Gasteiger partial charge is 0.240 e. The van der Waals surface area contributed by atoms with Crippen LogP contribution in [-0.4, -0.2) is 47.3 Å². The Morgan fingerprint density at radius 1 is 1.24 bits per heavy atom. The molecule has 0 bridgehead atoms. The molecule has 3 rings (SSSR count). The molecule has 0 aliphatic carbocycles. The van der Waals surface area contributed by atoms with Crippen LogP contribution in [0.4, 0.5) is 10.1 Å². The van der Waals surface area contributed by atoms with Gasteiger partial charge in [-0.3, -0.25) is 4.79 Å². The Balaban J connectivity index is 1.69. The highest BCUT2D eigenvalue weighted by Crippen LogP contribution is 2.22. The zero-order chi connectivity index (χ0) is 21.0. The summed E-state index contributed by atoms with van der Waals surface area (Å²) < 4.78 is 41.1. The van der Waals surface area contributed by atoms with Crippen molar-refractivity contribution in [2.24, 2.45) is 0 Å². The van der Waals surface area contributed by atoms with Gasteiger partial charge >= 0.3 is 0 Å². The quantitative estimate of drug-likeness (QED) is 0.542. The second-order valence-corrected chi connectivity index (χ2v) is 8.68. The maximum absolute atomic E-state index is 13.4. The van der Waals surface area contributed by atoms with Crippen molar-refractivity contribution in [2.45, 2.75) is 17.0 Å². The number of aromatic nitrogens is 4. The number of thioether (sulfide) groups is 1. The van der Waals surface area contributed by atoms with Crippen LogP contribution >= 0.6 is 11.8 Å². The lowest BCUT2D eigenvalue weighted by molar-refractivity contribution is -0.113. The van der Waals surface area contributed by atoms with Crippen LogP contribution in [0.15, 0.2) is 52.5 Å². The molecule has 1 heterocycles. The summed E-state index contributed by atoms with van der Waals surface area (Å²) in [5.41, 5.74) is 1.33. The number of nitrogens with zero attached hydrogens (tertiary/aromatic N) is 4. The van der Waals surface area contributed by atoms with Crippen LogP contribution < -0.4 is 10.0 Å². The van der Waals surface area contributed by atoms with Gasteiger partial charge in [0.1, 0.15) is 5.82 Å². The number of rotatable bonds is 7. The van der Waals surface area contributed by atoms with Crippen LogP contribution in [0, 0.1) is 12.7 Å². The minimum atomic E-state index is -3.64. The normalized spacial score (nSPS) is 11.4. The predicted octanol–water partition coefficient (Wildman–Crippen LogP) is 1.75. The molecule has 29 heavy (non-hydrogen) atoms. The Hall–Kier alpha value is -2.83. The van der Waals surface area contributed by atoms with Gasteiger partial charge in [-0.2, -0.15) is 4.68 Å². The Bertz CT molecular complexity index is 1150. The predicted molar refractivity (Wildman–Crippen MR) is 106 cm³/mol. The van der Waals surface area contributed by atoms with Crippen molar-refractivity contribution < 1.29 is 17.6 Å². The van der Waals surface area contributed by atoms with Crippen molar-refractivity contribution in [3.8, 4) is 5.69 Å². The lowest BCUT2D eigenvalue weighted by Gasteiger charge is -2.10. The lowest BCUT2D eigenvalue weighted by atomic mass is 10.2. The van der Waals surface area contributed by atoms with Crippen LogP contribution in [-0.2, 0) is 14.8 Å². The van der Waals surface area contributed by atoms with Gasteiger partial charge in [0.15, 0.2) is 0 Å². The Kier molecular flexibility index (Phi) is 6.25. The first kappa shape index (κ1) is 20.9. The van der Waals surface area contributed by atoms with Gasteiger partial charge in [-0.05, 0) is 60.3 Å². The number of carbonyl (C=O) groups excluding carboxylic acids is 1. The minimum Gasteiger partial charge on any atom is -0.325 e. The van der Waals surface area contributed by atoms with Gasteiger partial charge in [0.25, 0.3) is 0 Å². The molecule has 1 aromatic heterocycles. The van der Waals surface area contributed by atoms with Crippen molar-refractivity contribution in [3.63, 3.8) is 0 Å². The van der Waals surface area contributed by atoms with E-state index in [1.807, 2.05) is 0 Å². The molecule has 2 N–H and O–H groups in total. The minimum absolute atomic E-state index is 0.0301. The first-order chi connectivity index (χ1) is 13.8. The number of aryl methyl sites for hydroxylation is 1. The van der Waals surface area contributed by atoms with Gasteiger partial charge in [-0.15, -0.1) is 5.10 Å². The molecule has 1 amide bonds. The highest BCUT2D eigenvalue weighted by atomic mass is 32.2. The summed E-state index contributed by atoms with van der Waals surface area (Å²) in [6.45, 7) is 1.66. The van der Waals surface area contributed by atoms with E-state index in [-0.39, 0.29) is 16.6 Å². The largest absolute Gasteiger partial charge is 0.325 e. The summed E-state index contributed by atoms with van der Waals surface area (Å²) >= 11 is 1.06. The van der Waals surface area contributed by atoms with E-state index < -0.39 is 15.8 Å². The molecule has 0 saturated carbocycles. The van der Waals surface area contributed by atoms with Gasteiger partial charge in [-0.1, -0.05) is 23.9 Å². The number of anilines is 1. The number of amides is 1. The van der Waals surface area contributed by atoms with Gasteiger partial charge < -0.3 is 5.32 Å². The van der Waals surface area contributed by atoms with Crippen molar-refractivity contribution in [1.29, 1.82) is 0 Å². The van der Waals surface area contributed by atoms with Crippen LogP contribution in [0.5, 0.6) is 0 Å². The van der Waals surface area contributed by atoms with E-state index >= 15 is 0 Å². The van der Waals surface area contributed by atoms with Crippen molar-refractivity contribution >= 4 is 33.4 Å². The maximum atomic E-state index is 13.4. The van der Waals surface area contributed by atoms with Crippen molar-refractivity contribution in [2.75, 3.05) is 18.1 Å². The molecule has 0 fully saturated rings. The summed E-state index contributed by atoms with van der Waals surface area (Å²) in [5.74, 6) is -0.837. The van der Waals surface area contributed by atoms with Crippen molar-refractivity contribution in [3.05, 3.63) is 53.8 Å². The van der Waals surface area contributed by atoms with Gasteiger partial charge in [0.2, 0.25) is 21.1 Å².